The fourth-order valence-corrected chi connectivity index (χ4v) is 3.89. The molecule has 1 aliphatic rings. The van der Waals surface area contributed by atoms with Crippen molar-refractivity contribution in [2.45, 2.75) is 0 Å². The maximum Gasteiger partial charge on any atom is 0.320 e. The van der Waals surface area contributed by atoms with Crippen LogP contribution in [0, 0.1) is 0 Å². The molecule has 1 rings (SSSR count). The van der Waals surface area contributed by atoms with Crippen molar-refractivity contribution in [3.05, 3.63) is 0 Å². The van der Waals surface area contributed by atoms with Crippen LogP contribution in [0.1, 0.15) is 0 Å². The van der Waals surface area contributed by atoms with E-state index in [0.29, 0.717) is 0 Å². The highest BCUT2D eigenvalue weighted by atomic mass is 32.2. The van der Waals surface area contributed by atoms with Gasteiger partial charge in [-0.15, -0.1) is 0 Å². The molecule has 0 bridgehead atoms. The highest BCUT2D eigenvalue weighted by Gasteiger charge is 2.31. The van der Waals surface area contributed by atoms with E-state index in [-0.39, 0.29) is 24.6 Å². The molecule has 1 N–H and O–H groups in total. The van der Waals surface area contributed by atoms with Crippen LogP contribution in [0.15, 0.2) is 0 Å². The van der Waals surface area contributed by atoms with E-state index < -0.39 is 31.6 Å². The van der Waals surface area contributed by atoms with Gasteiger partial charge in [0.25, 0.3) is 0 Å². The Hall–Kier alpha value is -0.670. The number of nitrogens with zero attached hydrogens (tertiary/aromatic N) is 1. The zero-order valence-electron chi connectivity index (χ0n) is 7.79. The zero-order chi connectivity index (χ0) is 11.7. The van der Waals surface area contributed by atoms with Crippen LogP contribution in [0.5, 0.6) is 0 Å². The van der Waals surface area contributed by atoms with Crippen LogP contribution in [-0.4, -0.2) is 62.6 Å². The lowest BCUT2D eigenvalue weighted by Crippen LogP contribution is -2.45. The third-order valence-electron chi connectivity index (χ3n) is 2.00. The minimum Gasteiger partial charge on any atom is -0.480 e. The van der Waals surface area contributed by atoms with Crippen LogP contribution in [0.25, 0.3) is 0 Å². The Morgan fingerprint density at radius 2 is 1.73 bits per heavy atom. The molecule has 0 aromatic carbocycles. The molecule has 0 amide bonds. The maximum atomic E-state index is 11.4. The summed E-state index contributed by atoms with van der Waals surface area (Å²) in [4.78, 5) is 10.3. The topological polar surface area (TPSA) is 109 Å². The quantitative estimate of drug-likeness (QED) is 0.634. The normalized spacial score (nSPS) is 22.4. The van der Waals surface area contributed by atoms with Gasteiger partial charge in [-0.1, -0.05) is 0 Å². The van der Waals surface area contributed by atoms with Gasteiger partial charge in [0.1, 0.15) is 0 Å². The Morgan fingerprint density at radius 3 is 2.13 bits per heavy atom. The van der Waals surface area contributed by atoms with Gasteiger partial charge in [0.15, 0.2) is 15.6 Å². The van der Waals surface area contributed by atoms with Gasteiger partial charge in [0.05, 0.1) is 11.5 Å². The molecule has 0 unspecified atom stereocenters. The fraction of sp³-hybridized carbons (Fsp3) is 0.833. The summed E-state index contributed by atoms with van der Waals surface area (Å²) in [7, 11) is -7.02. The van der Waals surface area contributed by atoms with E-state index in [9.17, 15) is 21.6 Å². The monoisotopic (exact) mass is 257 g/mol. The summed E-state index contributed by atoms with van der Waals surface area (Å²) in [5.41, 5.74) is 0. The van der Waals surface area contributed by atoms with Crippen LogP contribution in [0.2, 0.25) is 0 Å². The van der Waals surface area contributed by atoms with E-state index in [0.717, 1.165) is 4.31 Å². The predicted molar refractivity (Wildman–Crippen MR) is 51.6 cm³/mol. The first-order valence-electron chi connectivity index (χ1n) is 4.13. The van der Waals surface area contributed by atoms with E-state index in [1.807, 2.05) is 0 Å². The third kappa shape index (κ3) is 3.43. The zero-order valence-corrected chi connectivity index (χ0v) is 9.42. The smallest absolute Gasteiger partial charge is 0.320 e. The lowest BCUT2D eigenvalue weighted by atomic mass is 10.6. The second-order valence-corrected chi connectivity index (χ2v) is 7.47. The molecule has 15 heavy (non-hydrogen) atoms. The van der Waals surface area contributed by atoms with Crippen LogP contribution in [0.4, 0.5) is 0 Å². The molecule has 0 saturated carbocycles. The summed E-state index contributed by atoms with van der Waals surface area (Å²) in [6, 6.07) is 0. The number of rotatable bonds is 3. The first kappa shape index (κ1) is 12.4. The highest BCUT2D eigenvalue weighted by molar-refractivity contribution is 7.92. The summed E-state index contributed by atoms with van der Waals surface area (Å²) in [5.74, 6) is -2.92. The van der Waals surface area contributed by atoms with Crippen molar-refractivity contribution in [2.75, 3.05) is 30.3 Å². The Kier molecular flexibility index (Phi) is 3.36. The molecule has 88 valence electrons. The third-order valence-corrected chi connectivity index (χ3v) is 5.38. The van der Waals surface area contributed by atoms with Crippen molar-refractivity contribution in [2.24, 2.45) is 0 Å². The number of hydrogen-bond acceptors (Lipinski definition) is 5. The van der Waals surface area contributed by atoms with Gasteiger partial charge in [-0.2, -0.15) is 4.31 Å². The standard InChI is InChI=1S/C6H11NO6S2/c8-6(9)5-15(12,13)7-1-3-14(10,11)4-2-7/h1-5H2,(H,8,9). The minimum absolute atomic E-state index is 0.155. The van der Waals surface area contributed by atoms with Gasteiger partial charge in [-0.3, -0.25) is 4.79 Å². The van der Waals surface area contributed by atoms with E-state index in [1.165, 1.54) is 0 Å². The molecule has 0 aromatic heterocycles. The van der Waals surface area contributed by atoms with Crippen molar-refractivity contribution in [1.29, 1.82) is 0 Å². The molecular weight excluding hydrogens is 246 g/mol. The van der Waals surface area contributed by atoms with Gasteiger partial charge in [0.2, 0.25) is 10.0 Å². The van der Waals surface area contributed by atoms with Gasteiger partial charge in [0, 0.05) is 13.1 Å². The fourth-order valence-electron chi connectivity index (χ4n) is 1.22. The Labute approximate surface area is 87.7 Å². The molecule has 1 aliphatic heterocycles. The summed E-state index contributed by atoms with van der Waals surface area (Å²) >= 11 is 0. The largest absolute Gasteiger partial charge is 0.480 e. The van der Waals surface area contributed by atoms with Gasteiger partial charge >= 0.3 is 5.97 Å². The van der Waals surface area contributed by atoms with Gasteiger partial charge in [-0.25, -0.2) is 16.8 Å². The van der Waals surface area contributed by atoms with E-state index >= 15 is 0 Å². The van der Waals surface area contributed by atoms with Crippen LogP contribution < -0.4 is 0 Å². The van der Waals surface area contributed by atoms with Crippen molar-refractivity contribution in [3.63, 3.8) is 0 Å². The Morgan fingerprint density at radius 1 is 1.27 bits per heavy atom. The molecule has 0 radical (unpaired) electrons. The number of carboxylic acids is 1. The predicted octanol–water partition coefficient (Wildman–Crippen LogP) is -1.87. The molecule has 9 heteroatoms. The van der Waals surface area contributed by atoms with Gasteiger partial charge in [-0.05, 0) is 0 Å². The summed E-state index contributed by atoms with van der Waals surface area (Å²) in [6.45, 7) is -0.310. The summed E-state index contributed by atoms with van der Waals surface area (Å²) in [6.07, 6.45) is 0. The number of aliphatic carboxylic acids is 1. The average molecular weight is 257 g/mol. The number of carboxylic acid groups (broad SMARTS) is 1. The molecule has 1 fully saturated rings. The Balaban J connectivity index is 2.72. The molecule has 0 atom stereocenters. The van der Waals surface area contributed by atoms with E-state index in [2.05, 4.69) is 0 Å². The minimum atomic E-state index is -3.86. The highest BCUT2D eigenvalue weighted by Crippen LogP contribution is 2.09. The van der Waals surface area contributed by atoms with Crippen LogP contribution >= 0.6 is 0 Å². The molecule has 0 aliphatic carbocycles. The molecule has 7 nitrogen and oxygen atoms in total. The number of carbonyl (C=O) groups is 1. The molecule has 1 saturated heterocycles. The first-order valence-corrected chi connectivity index (χ1v) is 7.56. The van der Waals surface area contributed by atoms with Crippen molar-refractivity contribution >= 4 is 25.8 Å². The van der Waals surface area contributed by atoms with Crippen molar-refractivity contribution in [3.8, 4) is 0 Å². The van der Waals surface area contributed by atoms with E-state index in [1.54, 1.807) is 0 Å². The second-order valence-electron chi connectivity index (χ2n) is 3.20. The molecule has 1 heterocycles. The summed E-state index contributed by atoms with van der Waals surface area (Å²) in [5, 5.41) is 8.36. The molecular formula is C6H11NO6S2. The second kappa shape index (κ2) is 4.06. The lowest BCUT2D eigenvalue weighted by molar-refractivity contribution is -0.134. The van der Waals surface area contributed by atoms with Crippen LogP contribution in [0.3, 0.4) is 0 Å². The van der Waals surface area contributed by atoms with Crippen LogP contribution in [-0.2, 0) is 24.7 Å². The Bertz CT molecular complexity index is 436. The average Bonchev–Trinajstić information content (AvgIpc) is 2.00. The molecule has 0 aromatic rings. The number of hydrogen-bond donors (Lipinski definition) is 1. The van der Waals surface area contributed by atoms with E-state index in [4.69, 9.17) is 5.11 Å². The first-order chi connectivity index (χ1) is 6.73. The number of sulfonamides is 1. The summed E-state index contributed by atoms with van der Waals surface area (Å²) < 4.78 is 45.6. The van der Waals surface area contributed by atoms with Gasteiger partial charge < -0.3 is 5.11 Å². The maximum absolute atomic E-state index is 11.4. The van der Waals surface area contributed by atoms with Crippen molar-refractivity contribution in [1.82, 2.24) is 4.31 Å². The lowest BCUT2D eigenvalue weighted by Gasteiger charge is -2.25. The molecule has 0 spiro atoms. The number of sulfone groups is 1. The van der Waals surface area contributed by atoms with Crippen molar-refractivity contribution < 1.29 is 26.7 Å². The SMILES string of the molecule is O=C(O)CS(=O)(=O)N1CCS(=O)(=O)CC1.